The first-order chi connectivity index (χ1) is 9.72. The summed E-state index contributed by atoms with van der Waals surface area (Å²) in [5, 5.41) is 3.53. The highest BCUT2D eigenvalue weighted by molar-refractivity contribution is 14.0. The van der Waals surface area contributed by atoms with Crippen LogP contribution in [0.25, 0.3) is 0 Å². The van der Waals surface area contributed by atoms with Crippen molar-refractivity contribution in [3.8, 4) is 0 Å². The molecule has 1 aromatic carbocycles. The Bertz CT molecular complexity index is 509. The molecule has 0 atom stereocenters. The van der Waals surface area contributed by atoms with Crippen LogP contribution in [0.15, 0.2) is 29.3 Å². The molecule has 0 amide bonds. The molecule has 1 N–H and O–H groups in total. The highest BCUT2D eigenvalue weighted by Gasteiger charge is 2.43. The molecule has 0 aromatic heterocycles. The van der Waals surface area contributed by atoms with Crippen LogP contribution in [0.2, 0.25) is 0 Å². The van der Waals surface area contributed by atoms with E-state index in [2.05, 4.69) is 46.4 Å². The van der Waals surface area contributed by atoms with Crippen molar-refractivity contribution in [1.82, 2.24) is 10.2 Å². The average molecular weight is 399 g/mol. The third-order valence-electron chi connectivity index (χ3n) is 5.06. The van der Waals surface area contributed by atoms with E-state index in [-0.39, 0.29) is 24.0 Å². The molecule has 1 heterocycles. The molecule has 1 aromatic rings. The molecule has 2 fully saturated rings. The van der Waals surface area contributed by atoms with Crippen molar-refractivity contribution in [3.63, 3.8) is 0 Å². The Morgan fingerprint density at radius 3 is 2.62 bits per heavy atom. The number of rotatable bonds is 2. The maximum Gasteiger partial charge on any atom is 0.193 e. The van der Waals surface area contributed by atoms with Crippen LogP contribution in [0.3, 0.4) is 0 Å². The van der Waals surface area contributed by atoms with Crippen LogP contribution in [-0.4, -0.2) is 31.0 Å². The van der Waals surface area contributed by atoms with Gasteiger partial charge in [-0.25, -0.2) is 0 Å². The normalized spacial score (nSPS) is 20.1. The van der Waals surface area contributed by atoms with Crippen molar-refractivity contribution in [1.29, 1.82) is 0 Å². The first kappa shape index (κ1) is 16.6. The molecule has 1 saturated heterocycles. The van der Waals surface area contributed by atoms with Gasteiger partial charge in [0, 0.05) is 26.7 Å². The molecular weight excluding hydrogens is 373 g/mol. The zero-order chi connectivity index (χ0) is 14.0. The van der Waals surface area contributed by atoms with Crippen molar-refractivity contribution in [2.24, 2.45) is 10.4 Å². The van der Waals surface area contributed by atoms with Crippen LogP contribution in [0.1, 0.15) is 36.8 Å². The van der Waals surface area contributed by atoms with Gasteiger partial charge in [0.05, 0.1) is 0 Å². The van der Waals surface area contributed by atoms with Crippen molar-refractivity contribution in [2.45, 2.75) is 39.2 Å². The van der Waals surface area contributed by atoms with Gasteiger partial charge in [0.15, 0.2) is 5.96 Å². The van der Waals surface area contributed by atoms with E-state index in [0.717, 1.165) is 19.0 Å². The van der Waals surface area contributed by atoms with Gasteiger partial charge in [-0.05, 0) is 42.7 Å². The summed E-state index contributed by atoms with van der Waals surface area (Å²) in [4.78, 5) is 6.91. The number of guanidine groups is 1. The Balaban J connectivity index is 0.00000161. The maximum atomic E-state index is 4.47. The second-order valence-corrected chi connectivity index (χ2v) is 6.35. The number of aryl methyl sites for hydroxylation is 1. The Kier molecular flexibility index (Phi) is 5.52. The summed E-state index contributed by atoms with van der Waals surface area (Å²) < 4.78 is 0. The van der Waals surface area contributed by atoms with Gasteiger partial charge in [0.25, 0.3) is 0 Å². The van der Waals surface area contributed by atoms with Crippen molar-refractivity contribution >= 4 is 29.9 Å². The van der Waals surface area contributed by atoms with Crippen molar-refractivity contribution in [2.75, 3.05) is 20.1 Å². The lowest BCUT2D eigenvalue weighted by molar-refractivity contribution is 0.151. The predicted octanol–water partition coefficient (Wildman–Crippen LogP) is 3.56. The van der Waals surface area contributed by atoms with Crippen LogP contribution in [0.5, 0.6) is 0 Å². The molecule has 3 nitrogen and oxygen atoms in total. The summed E-state index contributed by atoms with van der Waals surface area (Å²) in [6, 6.07) is 8.55. The summed E-state index contributed by atoms with van der Waals surface area (Å²) >= 11 is 0. The number of aliphatic imine (C=N–C) groups is 1. The monoisotopic (exact) mass is 399 g/mol. The van der Waals surface area contributed by atoms with E-state index in [1.165, 1.54) is 43.4 Å². The lowest BCUT2D eigenvalue weighted by atomic mass is 9.68. The summed E-state index contributed by atoms with van der Waals surface area (Å²) in [5.41, 5.74) is 3.32. The maximum absolute atomic E-state index is 4.47. The lowest BCUT2D eigenvalue weighted by Crippen LogP contribution is -2.42. The number of hydrogen-bond acceptors (Lipinski definition) is 1. The van der Waals surface area contributed by atoms with Gasteiger partial charge in [0.2, 0.25) is 0 Å². The van der Waals surface area contributed by atoms with Gasteiger partial charge in [0.1, 0.15) is 0 Å². The molecule has 1 aliphatic heterocycles. The number of benzene rings is 1. The fourth-order valence-corrected chi connectivity index (χ4v) is 3.52. The van der Waals surface area contributed by atoms with Gasteiger partial charge in [-0.15, -0.1) is 24.0 Å². The Morgan fingerprint density at radius 1 is 1.29 bits per heavy atom. The highest BCUT2D eigenvalue weighted by Crippen LogP contribution is 2.47. The third-order valence-corrected chi connectivity index (χ3v) is 5.06. The van der Waals surface area contributed by atoms with E-state index in [1.807, 2.05) is 7.05 Å². The summed E-state index contributed by atoms with van der Waals surface area (Å²) in [7, 11) is 1.89. The topological polar surface area (TPSA) is 27.6 Å². The minimum absolute atomic E-state index is 0. The zero-order valence-electron chi connectivity index (χ0n) is 13.1. The minimum Gasteiger partial charge on any atom is -0.352 e. The summed E-state index contributed by atoms with van der Waals surface area (Å²) in [6.45, 7) is 5.38. The van der Waals surface area contributed by atoms with Crippen LogP contribution < -0.4 is 5.32 Å². The molecule has 4 heteroatoms. The van der Waals surface area contributed by atoms with E-state index < -0.39 is 0 Å². The van der Waals surface area contributed by atoms with Gasteiger partial charge in [-0.2, -0.15) is 0 Å². The van der Waals surface area contributed by atoms with E-state index in [1.54, 1.807) is 0 Å². The van der Waals surface area contributed by atoms with Gasteiger partial charge < -0.3 is 10.2 Å². The largest absolute Gasteiger partial charge is 0.352 e. The van der Waals surface area contributed by atoms with Crippen LogP contribution in [0.4, 0.5) is 0 Å². The number of hydrogen-bond donors (Lipinski definition) is 1. The molecule has 3 rings (SSSR count). The molecule has 0 radical (unpaired) electrons. The van der Waals surface area contributed by atoms with E-state index in [4.69, 9.17) is 0 Å². The third kappa shape index (κ3) is 3.52. The van der Waals surface area contributed by atoms with Gasteiger partial charge in [-0.1, -0.05) is 30.7 Å². The van der Waals surface area contributed by atoms with Crippen LogP contribution in [0, 0.1) is 12.3 Å². The Labute approximate surface area is 145 Å². The standard InChI is InChI=1S/C17H25N3.HI/c1-14-6-3-4-7-15(14)12-19-16(18-2)20-11-10-17(13-20)8-5-9-17;/h3-4,6-7H,5,8-13H2,1-2H3,(H,18,19);1H. The lowest BCUT2D eigenvalue weighted by Gasteiger charge is -2.38. The molecule has 1 spiro atoms. The number of likely N-dealkylation sites (tertiary alicyclic amines) is 1. The Morgan fingerprint density at radius 2 is 2.05 bits per heavy atom. The zero-order valence-corrected chi connectivity index (χ0v) is 15.4. The highest BCUT2D eigenvalue weighted by atomic mass is 127. The van der Waals surface area contributed by atoms with Crippen molar-refractivity contribution < 1.29 is 0 Å². The van der Waals surface area contributed by atoms with Crippen LogP contribution >= 0.6 is 24.0 Å². The van der Waals surface area contributed by atoms with E-state index >= 15 is 0 Å². The second-order valence-electron chi connectivity index (χ2n) is 6.35. The number of nitrogens with zero attached hydrogens (tertiary/aromatic N) is 2. The molecule has 1 saturated carbocycles. The number of halogens is 1. The summed E-state index contributed by atoms with van der Waals surface area (Å²) in [5.74, 6) is 1.07. The van der Waals surface area contributed by atoms with Gasteiger partial charge in [-0.3, -0.25) is 4.99 Å². The predicted molar refractivity (Wildman–Crippen MR) is 99.3 cm³/mol. The SMILES string of the molecule is CN=C(NCc1ccccc1C)N1CCC2(CCC2)C1.I. The minimum atomic E-state index is 0. The fourth-order valence-electron chi connectivity index (χ4n) is 3.52. The van der Waals surface area contributed by atoms with E-state index in [9.17, 15) is 0 Å². The van der Waals surface area contributed by atoms with Crippen molar-refractivity contribution in [3.05, 3.63) is 35.4 Å². The summed E-state index contributed by atoms with van der Waals surface area (Å²) in [6.07, 6.45) is 5.59. The molecule has 2 aliphatic rings. The Hall–Kier alpha value is -0.780. The second kappa shape index (κ2) is 6.99. The molecular formula is C17H26IN3. The quantitative estimate of drug-likeness (QED) is 0.468. The van der Waals surface area contributed by atoms with Gasteiger partial charge >= 0.3 is 0 Å². The number of nitrogens with one attached hydrogen (secondary N) is 1. The molecule has 21 heavy (non-hydrogen) atoms. The fraction of sp³-hybridized carbons (Fsp3) is 0.588. The van der Waals surface area contributed by atoms with Crippen LogP contribution in [-0.2, 0) is 6.54 Å². The first-order valence-corrected chi connectivity index (χ1v) is 7.73. The average Bonchev–Trinajstić information content (AvgIpc) is 2.87. The molecule has 116 valence electrons. The van der Waals surface area contributed by atoms with E-state index in [0.29, 0.717) is 5.41 Å². The molecule has 0 unspecified atom stereocenters. The smallest absolute Gasteiger partial charge is 0.193 e. The molecule has 1 aliphatic carbocycles. The first-order valence-electron chi connectivity index (χ1n) is 7.73. The molecule has 0 bridgehead atoms.